The monoisotopic (exact) mass is 339 g/mol. The molecule has 0 unspecified atom stereocenters. The normalized spacial score (nSPS) is 10.4. The molecular weight excluding hydrogens is 322 g/mol. The molecule has 2 aromatic carbocycles. The van der Waals surface area contributed by atoms with E-state index in [-0.39, 0.29) is 0 Å². The molecular formula is C22H17N3O. The van der Waals surface area contributed by atoms with Crippen molar-refractivity contribution < 1.29 is 4.52 Å². The number of nitrogens with zero attached hydrogens (tertiary/aromatic N) is 3. The van der Waals surface area contributed by atoms with Crippen molar-refractivity contribution in [2.45, 2.75) is 13.8 Å². The van der Waals surface area contributed by atoms with E-state index in [1.54, 1.807) is 6.20 Å². The Morgan fingerprint density at radius 1 is 0.962 bits per heavy atom. The fourth-order valence-electron chi connectivity index (χ4n) is 2.81. The summed E-state index contributed by atoms with van der Waals surface area (Å²) in [6.45, 7) is 3.94. The molecule has 126 valence electrons. The van der Waals surface area contributed by atoms with Crippen molar-refractivity contribution in [2.24, 2.45) is 0 Å². The zero-order valence-electron chi connectivity index (χ0n) is 14.6. The Morgan fingerprint density at radius 3 is 2.62 bits per heavy atom. The highest BCUT2D eigenvalue weighted by Gasteiger charge is 2.12. The first-order valence-electron chi connectivity index (χ1n) is 8.36. The van der Waals surface area contributed by atoms with Crippen LogP contribution in [0.15, 0.2) is 71.5 Å². The third-order valence-electron chi connectivity index (χ3n) is 4.13. The standard InChI is InChI=1S/C22H17N3O/c1-16-7-6-10-19(15-16)25-14-13-23-21(25)12-11-20-17(2)26-24-22(20)18-8-4-3-5-9-18/h3-10,13-15H,1-2H3. The second kappa shape index (κ2) is 6.73. The van der Waals surface area contributed by atoms with E-state index in [0.29, 0.717) is 11.6 Å². The molecule has 2 aromatic heterocycles. The molecule has 0 spiro atoms. The minimum atomic E-state index is 0.676. The molecule has 2 heterocycles. The van der Waals surface area contributed by atoms with Gasteiger partial charge in [0, 0.05) is 23.6 Å². The van der Waals surface area contributed by atoms with Crippen LogP contribution in [0.25, 0.3) is 16.9 Å². The Labute approximate surface area is 152 Å². The molecule has 0 fully saturated rings. The third kappa shape index (κ3) is 3.03. The van der Waals surface area contributed by atoms with Crippen LogP contribution in [0.2, 0.25) is 0 Å². The molecule has 4 aromatic rings. The van der Waals surface area contributed by atoms with E-state index in [4.69, 9.17) is 4.52 Å². The van der Waals surface area contributed by atoms with Crippen molar-refractivity contribution in [3.63, 3.8) is 0 Å². The Hall–Kier alpha value is -3.58. The van der Waals surface area contributed by atoms with Crippen molar-refractivity contribution in [3.8, 4) is 28.8 Å². The number of hydrogen-bond acceptors (Lipinski definition) is 3. The summed E-state index contributed by atoms with van der Waals surface area (Å²) in [5.74, 6) is 7.74. The highest BCUT2D eigenvalue weighted by atomic mass is 16.5. The highest BCUT2D eigenvalue weighted by molar-refractivity contribution is 5.68. The average molecular weight is 339 g/mol. The van der Waals surface area contributed by atoms with Gasteiger partial charge in [-0.25, -0.2) is 4.98 Å². The SMILES string of the molecule is Cc1cccc(-n2ccnc2C#Cc2c(-c3ccccc3)noc2C)c1. The number of aromatic nitrogens is 3. The number of hydrogen-bond donors (Lipinski definition) is 0. The maximum atomic E-state index is 5.37. The first-order chi connectivity index (χ1) is 12.7. The lowest BCUT2D eigenvalue weighted by Crippen LogP contribution is -1.97. The van der Waals surface area contributed by atoms with Crippen molar-refractivity contribution in [1.82, 2.24) is 14.7 Å². The van der Waals surface area contributed by atoms with Gasteiger partial charge in [0.15, 0.2) is 5.82 Å². The van der Waals surface area contributed by atoms with Crippen LogP contribution in [0.3, 0.4) is 0 Å². The summed E-state index contributed by atoms with van der Waals surface area (Å²) in [7, 11) is 0. The van der Waals surface area contributed by atoms with Gasteiger partial charge in [-0.05, 0) is 37.5 Å². The first kappa shape index (κ1) is 15.9. The van der Waals surface area contributed by atoms with Crippen molar-refractivity contribution in [3.05, 3.63) is 89.7 Å². The largest absolute Gasteiger partial charge is 0.360 e. The van der Waals surface area contributed by atoms with Gasteiger partial charge in [-0.15, -0.1) is 0 Å². The topological polar surface area (TPSA) is 43.9 Å². The Morgan fingerprint density at radius 2 is 1.81 bits per heavy atom. The summed E-state index contributed by atoms with van der Waals surface area (Å²) in [5.41, 5.74) is 4.75. The van der Waals surface area contributed by atoms with Gasteiger partial charge in [0.25, 0.3) is 0 Å². The summed E-state index contributed by atoms with van der Waals surface area (Å²) >= 11 is 0. The molecule has 0 N–H and O–H groups in total. The van der Waals surface area contributed by atoms with Gasteiger partial charge < -0.3 is 4.52 Å². The molecule has 0 atom stereocenters. The second-order valence-corrected chi connectivity index (χ2v) is 6.04. The van der Waals surface area contributed by atoms with E-state index in [1.807, 2.05) is 60.2 Å². The molecule has 4 rings (SSSR count). The maximum absolute atomic E-state index is 5.37. The Balaban J connectivity index is 1.75. The lowest BCUT2D eigenvalue weighted by molar-refractivity contribution is 0.399. The molecule has 0 radical (unpaired) electrons. The summed E-state index contributed by atoms with van der Waals surface area (Å²) in [5, 5.41) is 4.17. The van der Waals surface area contributed by atoms with E-state index >= 15 is 0 Å². The van der Waals surface area contributed by atoms with Crippen LogP contribution < -0.4 is 0 Å². The van der Waals surface area contributed by atoms with Gasteiger partial charge in [0.1, 0.15) is 11.5 Å². The van der Waals surface area contributed by atoms with Gasteiger partial charge in [0.2, 0.25) is 0 Å². The number of rotatable bonds is 2. The lowest BCUT2D eigenvalue weighted by Gasteiger charge is -2.04. The summed E-state index contributed by atoms with van der Waals surface area (Å²) in [4.78, 5) is 4.39. The van der Waals surface area contributed by atoms with E-state index in [1.165, 1.54) is 5.56 Å². The highest BCUT2D eigenvalue weighted by Crippen LogP contribution is 2.24. The van der Waals surface area contributed by atoms with Crippen LogP contribution in [-0.4, -0.2) is 14.7 Å². The maximum Gasteiger partial charge on any atom is 0.190 e. The van der Waals surface area contributed by atoms with Crippen LogP contribution >= 0.6 is 0 Å². The fraction of sp³-hybridized carbons (Fsp3) is 0.0909. The van der Waals surface area contributed by atoms with Crippen LogP contribution in [-0.2, 0) is 0 Å². The van der Waals surface area contributed by atoms with Crippen molar-refractivity contribution in [1.29, 1.82) is 0 Å². The summed E-state index contributed by atoms with van der Waals surface area (Å²) < 4.78 is 7.35. The first-order valence-corrected chi connectivity index (χ1v) is 8.36. The van der Waals surface area contributed by atoms with Gasteiger partial charge in [-0.1, -0.05) is 53.5 Å². The van der Waals surface area contributed by atoms with Crippen LogP contribution in [0.5, 0.6) is 0 Å². The Bertz CT molecular complexity index is 1110. The second-order valence-electron chi connectivity index (χ2n) is 6.04. The van der Waals surface area contributed by atoms with Crippen LogP contribution in [0.4, 0.5) is 0 Å². The summed E-state index contributed by atoms with van der Waals surface area (Å²) in [6.07, 6.45) is 3.67. The minimum absolute atomic E-state index is 0.676. The number of benzene rings is 2. The molecule has 0 saturated heterocycles. The van der Waals surface area contributed by atoms with Gasteiger partial charge >= 0.3 is 0 Å². The third-order valence-corrected chi connectivity index (χ3v) is 4.13. The molecule has 26 heavy (non-hydrogen) atoms. The summed E-state index contributed by atoms with van der Waals surface area (Å²) in [6, 6.07) is 18.2. The van der Waals surface area contributed by atoms with Gasteiger partial charge in [0.05, 0.1) is 5.56 Å². The molecule has 0 amide bonds. The van der Waals surface area contributed by atoms with E-state index in [9.17, 15) is 0 Å². The average Bonchev–Trinajstić information content (AvgIpc) is 3.27. The predicted octanol–water partition coefficient (Wildman–Crippen LogP) is 4.54. The van der Waals surface area contributed by atoms with Crippen LogP contribution in [0.1, 0.15) is 22.7 Å². The quantitative estimate of drug-likeness (QED) is 0.504. The fourth-order valence-corrected chi connectivity index (χ4v) is 2.81. The smallest absolute Gasteiger partial charge is 0.190 e. The molecule has 4 nitrogen and oxygen atoms in total. The zero-order chi connectivity index (χ0) is 17.9. The zero-order valence-corrected chi connectivity index (χ0v) is 14.6. The van der Waals surface area contributed by atoms with Gasteiger partial charge in [-0.3, -0.25) is 4.57 Å². The molecule has 4 heteroatoms. The minimum Gasteiger partial charge on any atom is -0.360 e. The number of aryl methyl sites for hydroxylation is 2. The lowest BCUT2D eigenvalue weighted by atomic mass is 10.1. The molecule has 0 aliphatic heterocycles. The molecule has 0 saturated carbocycles. The Kier molecular flexibility index (Phi) is 4.12. The van der Waals surface area contributed by atoms with Crippen molar-refractivity contribution in [2.75, 3.05) is 0 Å². The number of imidazole rings is 1. The molecule has 0 aliphatic carbocycles. The van der Waals surface area contributed by atoms with E-state index in [2.05, 4.69) is 41.0 Å². The van der Waals surface area contributed by atoms with Gasteiger partial charge in [-0.2, -0.15) is 0 Å². The molecule has 0 bridgehead atoms. The predicted molar refractivity (Wildman–Crippen MR) is 101 cm³/mol. The van der Waals surface area contributed by atoms with E-state index in [0.717, 1.165) is 22.5 Å². The van der Waals surface area contributed by atoms with E-state index < -0.39 is 0 Å². The van der Waals surface area contributed by atoms with Crippen LogP contribution in [0, 0.1) is 25.7 Å². The molecule has 0 aliphatic rings. The van der Waals surface area contributed by atoms with Crippen molar-refractivity contribution >= 4 is 0 Å².